The number of aliphatic hydroxyl groups is 1. The molecule has 0 amide bonds. The highest BCUT2D eigenvalue weighted by Gasteiger charge is 2.55. The van der Waals surface area contributed by atoms with Crippen molar-refractivity contribution < 1.29 is 14.6 Å². The Morgan fingerprint density at radius 1 is 1.32 bits per heavy atom. The molecule has 0 spiro atoms. The number of hydrogen-bond donors (Lipinski definition) is 1. The molecule has 0 heterocycles. The van der Waals surface area contributed by atoms with Crippen molar-refractivity contribution in [1.82, 2.24) is 0 Å². The van der Waals surface area contributed by atoms with E-state index in [1.54, 1.807) is 6.92 Å². The molecule has 0 saturated heterocycles. The van der Waals surface area contributed by atoms with Crippen LogP contribution in [0, 0.1) is 0 Å². The standard InChI is InChI=1S/C16H18O3/c1-10(2)16(18)14(17)13(15(16)19-11(3)4)12-8-6-5-7-9-12/h5-9,11,18H,1H2,2-4H3. The van der Waals surface area contributed by atoms with Crippen LogP contribution in [0.5, 0.6) is 0 Å². The maximum Gasteiger partial charge on any atom is 0.210 e. The highest BCUT2D eigenvalue weighted by molar-refractivity contribution is 6.34. The summed E-state index contributed by atoms with van der Waals surface area (Å²) in [5.41, 5.74) is -0.0863. The van der Waals surface area contributed by atoms with Crippen LogP contribution in [0.4, 0.5) is 0 Å². The minimum atomic E-state index is -1.67. The fraction of sp³-hybridized carbons (Fsp3) is 0.312. The van der Waals surface area contributed by atoms with Gasteiger partial charge in [-0.1, -0.05) is 36.9 Å². The topological polar surface area (TPSA) is 46.5 Å². The van der Waals surface area contributed by atoms with Gasteiger partial charge in [-0.15, -0.1) is 0 Å². The van der Waals surface area contributed by atoms with Gasteiger partial charge in [0, 0.05) is 0 Å². The first-order chi connectivity index (χ1) is 8.89. The molecule has 0 aromatic heterocycles. The summed E-state index contributed by atoms with van der Waals surface area (Å²) in [6, 6.07) is 9.23. The molecule has 0 radical (unpaired) electrons. The molecule has 1 unspecified atom stereocenters. The zero-order valence-electron chi connectivity index (χ0n) is 11.4. The predicted octanol–water partition coefficient (Wildman–Crippen LogP) is 2.71. The molecule has 0 saturated carbocycles. The van der Waals surface area contributed by atoms with Crippen LogP contribution in [0.2, 0.25) is 0 Å². The molecule has 2 rings (SSSR count). The van der Waals surface area contributed by atoms with Crippen molar-refractivity contribution >= 4 is 11.4 Å². The van der Waals surface area contributed by atoms with Crippen molar-refractivity contribution in [3.05, 3.63) is 53.8 Å². The fourth-order valence-electron chi connectivity index (χ4n) is 2.14. The third-order valence-corrected chi connectivity index (χ3v) is 3.14. The van der Waals surface area contributed by atoms with Crippen LogP contribution in [-0.2, 0) is 9.53 Å². The van der Waals surface area contributed by atoms with E-state index in [1.807, 2.05) is 44.2 Å². The van der Waals surface area contributed by atoms with Crippen molar-refractivity contribution in [2.24, 2.45) is 0 Å². The molecule has 1 atom stereocenters. The molecule has 0 fully saturated rings. The summed E-state index contributed by atoms with van der Waals surface area (Å²) in [6.07, 6.45) is -0.118. The smallest absolute Gasteiger partial charge is 0.210 e. The zero-order chi connectivity index (χ0) is 14.2. The molecule has 0 bridgehead atoms. The summed E-state index contributed by atoms with van der Waals surface area (Å²) in [7, 11) is 0. The fourth-order valence-corrected chi connectivity index (χ4v) is 2.14. The van der Waals surface area contributed by atoms with E-state index in [0.717, 1.165) is 5.56 Å². The Labute approximate surface area is 113 Å². The van der Waals surface area contributed by atoms with Gasteiger partial charge in [0.1, 0.15) is 0 Å². The van der Waals surface area contributed by atoms with Crippen molar-refractivity contribution in [2.75, 3.05) is 0 Å². The Morgan fingerprint density at radius 3 is 2.37 bits per heavy atom. The van der Waals surface area contributed by atoms with Crippen LogP contribution in [0.15, 0.2) is 48.2 Å². The quantitative estimate of drug-likeness (QED) is 0.845. The van der Waals surface area contributed by atoms with Crippen LogP contribution in [0.25, 0.3) is 5.57 Å². The zero-order valence-corrected chi connectivity index (χ0v) is 11.4. The van der Waals surface area contributed by atoms with Gasteiger partial charge in [-0.05, 0) is 31.9 Å². The molecule has 1 N–H and O–H groups in total. The molecule has 19 heavy (non-hydrogen) atoms. The minimum absolute atomic E-state index is 0.118. The SMILES string of the molecule is C=C(C)C1(O)C(=O)C(c2ccccc2)=C1OC(C)C. The van der Waals surface area contributed by atoms with Crippen molar-refractivity contribution in [1.29, 1.82) is 0 Å². The number of ketones is 1. The number of rotatable bonds is 4. The van der Waals surface area contributed by atoms with Crippen LogP contribution < -0.4 is 0 Å². The Morgan fingerprint density at radius 2 is 1.89 bits per heavy atom. The largest absolute Gasteiger partial charge is 0.491 e. The molecular formula is C16H18O3. The second-order valence-electron chi connectivity index (χ2n) is 5.06. The number of ether oxygens (including phenoxy) is 1. The molecule has 0 aliphatic heterocycles. The molecule has 100 valence electrons. The summed E-state index contributed by atoms with van der Waals surface area (Å²) in [6.45, 7) is 9.05. The number of carbonyl (C=O) groups excluding carboxylic acids is 1. The molecule has 1 aromatic carbocycles. The maximum atomic E-state index is 12.3. The van der Waals surface area contributed by atoms with Gasteiger partial charge in [-0.25, -0.2) is 0 Å². The Bertz CT molecular complexity index is 555. The molecule has 1 aromatic rings. The number of Topliss-reactive ketones (excluding diaryl/α,β-unsaturated/α-hetero) is 1. The van der Waals surface area contributed by atoms with Gasteiger partial charge in [0.25, 0.3) is 0 Å². The van der Waals surface area contributed by atoms with Gasteiger partial charge >= 0.3 is 0 Å². The third kappa shape index (κ3) is 2.00. The van der Waals surface area contributed by atoms with E-state index in [-0.39, 0.29) is 11.9 Å². The Hall–Kier alpha value is -1.87. The van der Waals surface area contributed by atoms with E-state index < -0.39 is 5.60 Å². The summed E-state index contributed by atoms with van der Waals surface area (Å²) >= 11 is 0. The van der Waals surface area contributed by atoms with E-state index in [2.05, 4.69) is 6.58 Å². The molecule has 3 nitrogen and oxygen atoms in total. The third-order valence-electron chi connectivity index (χ3n) is 3.14. The van der Waals surface area contributed by atoms with E-state index >= 15 is 0 Å². The highest BCUT2D eigenvalue weighted by Crippen LogP contribution is 2.45. The summed E-state index contributed by atoms with van der Waals surface area (Å²) in [5.74, 6) is -0.0342. The monoisotopic (exact) mass is 258 g/mol. The van der Waals surface area contributed by atoms with Crippen LogP contribution in [0.3, 0.4) is 0 Å². The van der Waals surface area contributed by atoms with Crippen LogP contribution in [0.1, 0.15) is 26.3 Å². The van der Waals surface area contributed by atoms with E-state index in [1.165, 1.54) is 0 Å². The van der Waals surface area contributed by atoms with E-state index in [4.69, 9.17) is 4.74 Å². The van der Waals surface area contributed by atoms with Gasteiger partial charge in [-0.2, -0.15) is 0 Å². The average Bonchev–Trinajstić information content (AvgIpc) is 2.37. The Balaban J connectivity index is 2.55. The van der Waals surface area contributed by atoms with Gasteiger partial charge < -0.3 is 9.84 Å². The summed E-state index contributed by atoms with van der Waals surface area (Å²) < 4.78 is 5.65. The maximum absolute atomic E-state index is 12.3. The lowest BCUT2D eigenvalue weighted by Crippen LogP contribution is -2.52. The van der Waals surface area contributed by atoms with Gasteiger partial charge in [0.05, 0.1) is 11.7 Å². The molecule has 1 aliphatic rings. The van der Waals surface area contributed by atoms with Crippen LogP contribution >= 0.6 is 0 Å². The van der Waals surface area contributed by atoms with Crippen LogP contribution in [-0.4, -0.2) is 22.6 Å². The number of hydrogen-bond acceptors (Lipinski definition) is 3. The second-order valence-corrected chi connectivity index (χ2v) is 5.06. The normalized spacial score (nSPS) is 22.5. The number of benzene rings is 1. The van der Waals surface area contributed by atoms with E-state index in [9.17, 15) is 9.90 Å². The first-order valence-electron chi connectivity index (χ1n) is 6.29. The first kappa shape index (κ1) is 13.6. The predicted molar refractivity (Wildman–Crippen MR) is 74.4 cm³/mol. The van der Waals surface area contributed by atoms with Gasteiger partial charge in [0.2, 0.25) is 11.4 Å². The lowest BCUT2D eigenvalue weighted by molar-refractivity contribution is -0.133. The molecule has 3 heteroatoms. The van der Waals surface area contributed by atoms with Crippen molar-refractivity contribution in [2.45, 2.75) is 32.5 Å². The lowest BCUT2D eigenvalue weighted by Gasteiger charge is -2.40. The van der Waals surface area contributed by atoms with Crippen molar-refractivity contribution in [3.63, 3.8) is 0 Å². The van der Waals surface area contributed by atoms with E-state index in [0.29, 0.717) is 16.9 Å². The number of carbonyl (C=O) groups is 1. The highest BCUT2D eigenvalue weighted by atomic mass is 16.5. The summed E-state index contributed by atoms with van der Waals surface area (Å²) in [5, 5.41) is 10.5. The average molecular weight is 258 g/mol. The van der Waals surface area contributed by atoms with Gasteiger partial charge in [0.15, 0.2) is 5.76 Å². The van der Waals surface area contributed by atoms with Crippen molar-refractivity contribution in [3.8, 4) is 0 Å². The van der Waals surface area contributed by atoms with Gasteiger partial charge in [-0.3, -0.25) is 4.79 Å². The minimum Gasteiger partial charge on any atom is -0.491 e. The first-order valence-corrected chi connectivity index (χ1v) is 6.29. The molecule has 1 aliphatic carbocycles. The lowest BCUT2D eigenvalue weighted by atomic mass is 9.71. The summed E-state index contributed by atoms with van der Waals surface area (Å²) in [4.78, 5) is 12.3. The second kappa shape index (κ2) is 4.67. The Kier molecular flexibility index (Phi) is 3.33. The molecular weight excluding hydrogens is 240 g/mol.